The predicted octanol–water partition coefficient (Wildman–Crippen LogP) is 5.10. The van der Waals surface area contributed by atoms with Crippen molar-refractivity contribution < 1.29 is 18.8 Å². The van der Waals surface area contributed by atoms with E-state index in [1.54, 1.807) is 22.6 Å². The number of anilines is 1. The van der Waals surface area contributed by atoms with Crippen LogP contribution in [-0.2, 0) is 16.6 Å². The molecule has 6 atom stereocenters. The lowest BCUT2D eigenvalue weighted by atomic mass is 9.72. The van der Waals surface area contributed by atoms with E-state index in [9.17, 15) is 10.1 Å². The van der Waals surface area contributed by atoms with E-state index in [-0.39, 0.29) is 12.2 Å². The van der Waals surface area contributed by atoms with E-state index < -0.39 is 11.0 Å². The highest BCUT2D eigenvalue weighted by molar-refractivity contribution is 7.16. The van der Waals surface area contributed by atoms with Crippen molar-refractivity contribution in [1.29, 1.82) is 5.26 Å². The van der Waals surface area contributed by atoms with Crippen LogP contribution in [0, 0.1) is 29.1 Å². The Kier molecular flexibility index (Phi) is 8.68. The molecule has 0 N–H and O–H groups in total. The molecule has 2 aliphatic heterocycles. The summed E-state index contributed by atoms with van der Waals surface area (Å²) in [7, 11) is 6.02. The van der Waals surface area contributed by atoms with Gasteiger partial charge in [0, 0.05) is 69.4 Å². The highest BCUT2D eigenvalue weighted by Gasteiger charge is 2.59. The number of thiophene rings is 1. The molecule has 0 radical (unpaired) electrons. The van der Waals surface area contributed by atoms with Crippen molar-refractivity contribution in [1.82, 2.24) is 34.8 Å². The number of ether oxygens (including phenoxy) is 2. The minimum Gasteiger partial charge on any atom is -0.458 e. The highest BCUT2D eigenvalue weighted by Crippen LogP contribution is 2.55. The molecule has 52 heavy (non-hydrogen) atoms. The molecule has 2 saturated carbocycles. The number of fused-ring (bicyclic) bond motifs is 2. The zero-order chi connectivity index (χ0) is 36.5. The van der Waals surface area contributed by atoms with Crippen LogP contribution in [0.15, 0.2) is 15.6 Å². The fraction of sp³-hybridized carbons (Fsp3) is 0.649. The molecule has 2 saturated heterocycles. The number of likely N-dealkylation sites (N-methyl/N-ethyl adjacent to an activating group) is 1. The standard InChI is InChI=1S/C37H48N10O4S/c1-36(2,3)50-35(48)47-13-11-46(12-14-47)27-17-25(40-34(41-27)49-30-21-15-22-19-45(7)29(30)23(22)16-21)31-42-33(51-43-31)37(4)10-8-9-26-28(37)24(18-38)32(52-26)39-20-44(5)6/h17,20-23,29-30H,8-16,19H2,1-7H3/b39-20+/t21?,22?,23?,29?,30?,37-/m0/s1. The third-order valence-corrected chi connectivity index (χ3v) is 12.6. The number of aromatic nitrogens is 4. The molecule has 0 spiro atoms. The summed E-state index contributed by atoms with van der Waals surface area (Å²) in [5, 5.41) is 15.5. The molecule has 8 rings (SSSR count). The van der Waals surface area contributed by atoms with Crippen molar-refractivity contribution in [3.05, 3.63) is 28.0 Å². The summed E-state index contributed by atoms with van der Waals surface area (Å²) in [6.45, 7) is 11.0. The van der Waals surface area contributed by atoms with E-state index in [1.165, 1.54) is 12.8 Å². The predicted molar refractivity (Wildman–Crippen MR) is 196 cm³/mol. The maximum absolute atomic E-state index is 12.8. The van der Waals surface area contributed by atoms with Gasteiger partial charge in [-0.1, -0.05) is 5.16 Å². The molecule has 1 amide bonds. The van der Waals surface area contributed by atoms with Crippen LogP contribution in [0.4, 0.5) is 15.6 Å². The quantitative estimate of drug-likeness (QED) is 0.235. The molecule has 5 heterocycles. The van der Waals surface area contributed by atoms with Gasteiger partial charge in [0.15, 0.2) is 0 Å². The van der Waals surface area contributed by atoms with Gasteiger partial charge in [-0.25, -0.2) is 9.79 Å². The number of amides is 1. The Morgan fingerprint density at radius 2 is 1.96 bits per heavy atom. The zero-order valence-corrected chi connectivity index (χ0v) is 31.9. The van der Waals surface area contributed by atoms with E-state index in [4.69, 9.17) is 28.9 Å². The lowest BCUT2D eigenvalue weighted by Gasteiger charge is -2.36. The first-order valence-corrected chi connectivity index (χ1v) is 19.2. The lowest BCUT2D eigenvalue weighted by molar-refractivity contribution is 0.0240. The SMILES string of the molecule is CN(C)/C=N/c1sc2c(c1C#N)[C@@](C)(c1nc(-c3cc(N4CCN(C(=O)OC(C)(C)C)CC4)nc(OC4C5CC6CN(C)C4C6C5)n3)no1)CCC2. The van der Waals surface area contributed by atoms with Gasteiger partial charge >= 0.3 is 12.1 Å². The second-order valence-corrected chi connectivity index (χ2v) is 17.6. The Morgan fingerprint density at radius 3 is 2.69 bits per heavy atom. The van der Waals surface area contributed by atoms with Gasteiger partial charge in [-0.05, 0) is 84.6 Å². The molecule has 4 fully saturated rings. The molecular weight excluding hydrogens is 681 g/mol. The van der Waals surface area contributed by atoms with Crippen LogP contribution in [0.3, 0.4) is 0 Å². The zero-order valence-electron chi connectivity index (χ0n) is 31.1. The number of aryl methyl sites for hydroxylation is 1. The minimum absolute atomic E-state index is 0.0219. The van der Waals surface area contributed by atoms with Crippen molar-refractivity contribution in [2.45, 2.75) is 83.0 Å². The highest BCUT2D eigenvalue weighted by atomic mass is 32.1. The Bertz CT molecular complexity index is 1920. The largest absolute Gasteiger partial charge is 0.458 e. The number of piperazine rings is 1. The van der Waals surface area contributed by atoms with Crippen LogP contribution < -0.4 is 9.64 Å². The van der Waals surface area contributed by atoms with Gasteiger partial charge < -0.3 is 28.7 Å². The fourth-order valence-electron chi connectivity index (χ4n) is 9.24. The molecule has 5 unspecified atom stereocenters. The van der Waals surface area contributed by atoms with Gasteiger partial charge in [-0.2, -0.15) is 20.2 Å². The van der Waals surface area contributed by atoms with Crippen LogP contribution >= 0.6 is 11.3 Å². The number of carbonyl (C=O) groups excluding carboxylic acids is 1. The Labute approximate surface area is 308 Å². The van der Waals surface area contributed by atoms with Gasteiger partial charge in [0.25, 0.3) is 0 Å². The number of hydrogen-bond donors (Lipinski definition) is 0. The summed E-state index contributed by atoms with van der Waals surface area (Å²) >= 11 is 1.56. The van der Waals surface area contributed by atoms with Gasteiger partial charge in [0.1, 0.15) is 34.3 Å². The molecule has 276 valence electrons. The second-order valence-electron chi connectivity index (χ2n) is 16.5. The summed E-state index contributed by atoms with van der Waals surface area (Å²) in [5.74, 6) is 3.38. The van der Waals surface area contributed by atoms with Crippen LogP contribution in [0.1, 0.15) is 75.3 Å². The van der Waals surface area contributed by atoms with Crippen LogP contribution in [0.25, 0.3) is 11.5 Å². The normalized spacial score (nSPS) is 28.4. The topological polar surface area (TPSA) is 149 Å². The molecule has 3 aromatic heterocycles. The van der Waals surface area contributed by atoms with Crippen LogP contribution in [0.2, 0.25) is 0 Å². The number of aliphatic imine (C=N–C) groups is 1. The summed E-state index contributed by atoms with van der Waals surface area (Å²) < 4.78 is 18.5. The second kappa shape index (κ2) is 13.0. The minimum atomic E-state index is -0.661. The summed E-state index contributed by atoms with van der Waals surface area (Å²) in [6, 6.07) is 4.99. The fourth-order valence-corrected chi connectivity index (χ4v) is 10.5. The molecule has 14 nitrogen and oxygen atoms in total. The number of nitriles is 1. The van der Waals surface area contributed by atoms with E-state index in [2.05, 4.69) is 40.0 Å². The molecule has 5 aliphatic rings. The van der Waals surface area contributed by atoms with Crippen molar-refractivity contribution in [3.8, 4) is 23.6 Å². The summed E-state index contributed by atoms with van der Waals surface area (Å²) in [6.07, 6.45) is 6.37. The first-order chi connectivity index (χ1) is 24.8. The third kappa shape index (κ3) is 6.17. The molecule has 2 bridgehead atoms. The number of rotatable bonds is 7. The summed E-state index contributed by atoms with van der Waals surface area (Å²) in [5.41, 5.74) is 0.781. The first kappa shape index (κ1) is 34.8. The van der Waals surface area contributed by atoms with E-state index in [0.29, 0.717) is 83.9 Å². The van der Waals surface area contributed by atoms with E-state index in [0.717, 1.165) is 42.2 Å². The molecule has 15 heteroatoms. The van der Waals surface area contributed by atoms with Crippen molar-refractivity contribution >= 4 is 34.6 Å². The lowest BCUT2D eigenvalue weighted by Crippen LogP contribution is -2.50. The Balaban J connectivity index is 1.11. The first-order valence-electron chi connectivity index (χ1n) is 18.4. The number of likely N-dealkylation sites (tertiary alicyclic amines) is 1. The molecule has 3 aliphatic carbocycles. The average molecular weight is 729 g/mol. The van der Waals surface area contributed by atoms with Gasteiger partial charge in [0.2, 0.25) is 11.7 Å². The molecule has 0 aromatic carbocycles. The Hall–Kier alpha value is -4.29. The monoisotopic (exact) mass is 728 g/mol. The van der Waals surface area contributed by atoms with Crippen LogP contribution in [0.5, 0.6) is 6.01 Å². The van der Waals surface area contributed by atoms with Crippen molar-refractivity contribution in [2.75, 3.05) is 58.8 Å². The summed E-state index contributed by atoms with van der Waals surface area (Å²) in [4.78, 5) is 41.6. The van der Waals surface area contributed by atoms with Gasteiger partial charge in [-0.3, -0.25) is 4.90 Å². The molecular formula is C37H48N10O4S. The maximum Gasteiger partial charge on any atom is 0.410 e. The molecule has 3 aromatic rings. The number of carbonyl (C=O) groups is 1. The van der Waals surface area contributed by atoms with Crippen molar-refractivity contribution in [3.63, 3.8) is 0 Å². The van der Waals surface area contributed by atoms with Gasteiger partial charge in [0.05, 0.1) is 17.3 Å². The number of nitrogens with zero attached hydrogens (tertiary/aromatic N) is 10. The van der Waals surface area contributed by atoms with E-state index >= 15 is 0 Å². The maximum atomic E-state index is 12.8. The Morgan fingerprint density at radius 1 is 1.17 bits per heavy atom. The van der Waals surface area contributed by atoms with Crippen molar-refractivity contribution in [2.24, 2.45) is 22.7 Å². The van der Waals surface area contributed by atoms with Crippen LogP contribution in [-0.4, -0.2) is 119 Å². The third-order valence-electron chi connectivity index (χ3n) is 11.5. The smallest absolute Gasteiger partial charge is 0.410 e. The van der Waals surface area contributed by atoms with Gasteiger partial charge in [-0.15, -0.1) is 11.3 Å². The average Bonchev–Trinajstić information content (AvgIpc) is 3.91. The van der Waals surface area contributed by atoms with E-state index in [1.807, 2.05) is 45.8 Å². The number of hydrogen-bond acceptors (Lipinski definition) is 13.